The maximum absolute atomic E-state index is 9.67. The largest absolute Gasteiger partial charge is 0.494 e. The Balaban J connectivity index is 2.21. The van der Waals surface area contributed by atoms with Gasteiger partial charge in [-0.1, -0.05) is 0 Å². The first-order valence-corrected chi connectivity index (χ1v) is 8.20. The van der Waals surface area contributed by atoms with Crippen LogP contribution in [0.1, 0.15) is 36.6 Å². The van der Waals surface area contributed by atoms with Crippen molar-refractivity contribution in [2.45, 2.75) is 26.7 Å². The van der Waals surface area contributed by atoms with Crippen molar-refractivity contribution >= 4 is 5.90 Å². The van der Waals surface area contributed by atoms with Crippen molar-refractivity contribution in [2.75, 3.05) is 13.2 Å². The van der Waals surface area contributed by atoms with E-state index in [1.54, 1.807) is 0 Å². The van der Waals surface area contributed by atoms with E-state index in [-0.39, 0.29) is 5.90 Å². The van der Waals surface area contributed by atoms with Gasteiger partial charge >= 0.3 is 0 Å². The Labute approximate surface area is 146 Å². The Hall–Kier alpha value is -3.01. The minimum atomic E-state index is -0.764. The Morgan fingerprint density at radius 3 is 2.76 bits per heavy atom. The van der Waals surface area contributed by atoms with Gasteiger partial charge in [0.15, 0.2) is 0 Å². The fraction of sp³-hybridized carbons (Fsp3) is 0.389. The third kappa shape index (κ3) is 2.91. The first-order valence-electron chi connectivity index (χ1n) is 8.20. The topological polar surface area (TPSA) is 104 Å². The molecule has 25 heavy (non-hydrogen) atoms. The summed E-state index contributed by atoms with van der Waals surface area (Å²) >= 11 is 0. The minimum absolute atomic E-state index is 0.115. The maximum Gasteiger partial charge on any atom is 0.243 e. The molecule has 0 fully saturated rings. The second kappa shape index (κ2) is 6.85. The molecule has 2 aromatic rings. The van der Waals surface area contributed by atoms with Crippen LogP contribution in [-0.4, -0.2) is 29.3 Å². The van der Waals surface area contributed by atoms with E-state index in [1.165, 1.54) is 0 Å². The molecule has 2 atom stereocenters. The molecule has 0 saturated carbocycles. The van der Waals surface area contributed by atoms with Gasteiger partial charge in [-0.3, -0.25) is 10.5 Å². The van der Waals surface area contributed by atoms with E-state index in [0.717, 1.165) is 16.8 Å². The van der Waals surface area contributed by atoms with Crippen LogP contribution < -0.4 is 14.2 Å². The first-order chi connectivity index (χ1) is 12.1. The maximum atomic E-state index is 9.67. The van der Waals surface area contributed by atoms with Crippen LogP contribution in [0.2, 0.25) is 0 Å². The van der Waals surface area contributed by atoms with E-state index < -0.39 is 11.8 Å². The zero-order valence-electron chi connectivity index (χ0n) is 14.4. The summed E-state index contributed by atoms with van der Waals surface area (Å²) in [5, 5.41) is 24.8. The molecule has 2 unspecified atom stereocenters. The van der Waals surface area contributed by atoms with Gasteiger partial charge in [0, 0.05) is 22.7 Å². The van der Waals surface area contributed by atoms with Crippen LogP contribution in [0.15, 0.2) is 18.2 Å². The number of rotatable bonds is 5. The van der Waals surface area contributed by atoms with Crippen LogP contribution in [-0.2, 0) is 0 Å². The number of hydrogen-bond donors (Lipinski definition) is 2. The van der Waals surface area contributed by atoms with Gasteiger partial charge in [0.2, 0.25) is 11.8 Å². The highest BCUT2D eigenvalue weighted by atomic mass is 16.5. The third-order valence-corrected chi connectivity index (χ3v) is 4.16. The molecule has 1 aromatic heterocycles. The number of nitrogens with one attached hydrogen (secondary N) is 2. The number of aromatic amines is 1. The van der Waals surface area contributed by atoms with E-state index >= 15 is 0 Å². The van der Waals surface area contributed by atoms with E-state index in [1.807, 2.05) is 39.0 Å². The lowest BCUT2D eigenvalue weighted by molar-refractivity contribution is 0.324. The zero-order chi connectivity index (χ0) is 18.0. The summed E-state index contributed by atoms with van der Waals surface area (Å²) in [5.74, 6) is 0.400. The highest BCUT2D eigenvalue weighted by molar-refractivity contribution is 5.85. The van der Waals surface area contributed by atoms with Crippen molar-refractivity contribution in [1.82, 2.24) is 10.2 Å². The van der Waals surface area contributed by atoms with Crippen molar-refractivity contribution < 1.29 is 14.2 Å². The Kier molecular flexibility index (Phi) is 4.61. The van der Waals surface area contributed by atoms with Gasteiger partial charge in [-0.15, -0.1) is 5.10 Å². The summed E-state index contributed by atoms with van der Waals surface area (Å²) in [5.41, 5.74) is 2.37. The van der Waals surface area contributed by atoms with Gasteiger partial charge < -0.3 is 14.2 Å². The Morgan fingerprint density at radius 2 is 2.08 bits per heavy atom. The standard InChI is InChI=1S/C18H20N4O3/c1-4-23-11-6-7-14(24-5-2)12(8-11)16-13(9-19)17(20)25-18-15(16)10(3)21-22-18/h6-8,13,16,20H,4-5H2,1-3H3,(H,21,22). The summed E-state index contributed by atoms with van der Waals surface area (Å²) in [6.45, 7) is 6.72. The van der Waals surface area contributed by atoms with Crippen molar-refractivity contribution in [3.05, 3.63) is 35.0 Å². The summed E-state index contributed by atoms with van der Waals surface area (Å²) in [6.07, 6.45) is 0. The predicted molar refractivity (Wildman–Crippen MR) is 91.4 cm³/mol. The zero-order valence-corrected chi connectivity index (χ0v) is 14.4. The number of aromatic nitrogens is 2. The van der Waals surface area contributed by atoms with Crippen molar-refractivity contribution in [3.8, 4) is 23.4 Å². The van der Waals surface area contributed by atoms with Crippen LogP contribution in [0.4, 0.5) is 0 Å². The van der Waals surface area contributed by atoms with Gasteiger partial charge in [0.05, 0.1) is 19.3 Å². The highest BCUT2D eigenvalue weighted by Crippen LogP contribution is 2.46. The minimum Gasteiger partial charge on any atom is -0.494 e. The molecule has 1 aliphatic rings. The summed E-state index contributed by atoms with van der Waals surface area (Å²) in [6, 6.07) is 7.75. The molecule has 1 aliphatic heterocycles. The number of hydrogen-bond acceptors (Lipinski definition) is 6. The molecule has 0 radical (unpaired) electrons. The van der Waals surface area contributed by atoms with E-state index in [0.29, 0.717) is 30.6 Å². The van der Waals surface area contributed by atoms with Crippen molar-refractivity contribution in [3.63, 3.8) is 0 Å². The Bertz CT molecular complexity index is 837. The van der Waals surface area contributed by atoms with Gasteiger partial charge in [-0.25, -0.2) is 0 Å². The molecule has 0 amide bonds. The molecule has 130 valence electrons. The quantitative estimate of drug-likeness (QED) is 0.870. The second-order valence-electron chi connectivity index (χ2n) is 5.68. The van der Waals surface area contributed by atoms with Crippen LogP contribution in [0.5, 0.6) is 17.4 Å². The molecular formula is C18H20N4O3. The molecule has 0 bridgehead atoms. The molecular weight excluding hydrogens is 320 g/mol. The number of nitrogens with zero attached hydrogens (tertiary/aromatic N) is 2. The molecule has 2 N–H and O–H groups in total. The van der Waals surface area contributed by atoms with Gasteiger partial charge in [0.25, 0.3) is 0 Å². The predicted octanol–water partition coefficient (Wildman–Crippen LogP) is 3.16. The lowest BCUT2D eigenvalue weighted by atomic mass is 9.79. The van der Waals surface area contributed by atoms with Crippen LogP contribution >= 0.6 is 0 Å². The van der Waals surface area contributed by atoms with Crippen molar-refractivity contribution in [2.24, 2.45) is 5.92 Å². The fourth-order valence-corrected chi connectivity index (χ4v) is 3.13. The molecule has 0 saturated heterocycles. The third-order valence-electron chi connectivity index (χ3n) is 4.16. The average molecular weight is 340 g/mol. The van der Waals surface area contributed by atoms with Crippen LogP contribution in [0.25, 0.3) is 0 Å². The summed E-state index contributed by atoms with van der Waals surface area (Å²) in [7, 11) is 0. The number of ether oxygens (including phenoxy) is 3. The van der Waals surface area contributed by atoms with Gasteiger partial charge in [-0.2, -0.15) is 5.26 Å². The van der Waals surface area contributed by atoms with E-state index in [2.05, 4.69) is 16.3 Å². The van der Waals surface area contributed by atoms with E-state index in [9.17, 15) is 5.26 Å². The van der Waals surface area contributed by atoms with Gasteiger partial charge in [0.1, 0.15) is 17.4 Å². The fourth-order valence-electron chi connectivity index (χ4n) is 3.13. The molecule has 0 aliphatic carbocycles. The molecule has 7 heteroatoms. The number of H-pyrrole nitrogens is 1. The summed E-state index contributed by atoms with van der Waals surface area (Å²) in [4.78, 5) is 0. The number of fused-ring (bicyclic) bond motifs is 1. The Morgan fingerprint density at radius 1 is 1.32 bits per heavy atom. The van der Waals surface area contributed by atoms with Gasteiger partial charge in [-0.05, 0) is 39.0 Å². The second-order valence-corrected chi connectivity index (χ2v) is 5.68. The number of nitriles is 1. The number of aryl methyl sites for hydroxylation is 1. The normalized spacial score (nSPS) is 18.9. The smallest absolute Gasteiger partial charge is 0.243 e. The highest BCUT2D eigenvalue weighted by Gasteiger charge is 2.41. The van der Waals surface area contributed by atoms with Crippen LogP contribution in [0, 0.1) is 29.6 Å². The number of benzene rings is 1. The SMILES string of the molecule is CCOc1ccc(OCC)c(C2c3c(n[nH]c3C)OC(=N)C2C#N)c1. The van der Waals surface area contributed by atoms with Crippen molar-refractivity contribution in [1.29, 1.82) is 10.7 Å². The van der Waals surface area contributed by atoms with Crippen LogP contribution in [0.3, 0.4) is 0 Å². The molecule has 1 aromatic carbocycles. The molecule has 2 heterocycles. The molecule has 3 rings (SSSR count). The monoisotopic (exact) mass is 340 g/mol. The lowest BCUT2D eigenvalue weighted by Gasteiger charge is -2.29. The molecule has 7 nitrogen and oxygen atoms in total. The van der Waals surface area contributed by atoms with E-state index in [4.69, 9.17) is 19.6 Å². The first kappa shape index (κ1) is 16.8. The average Bonchev–Trinajstić information content (AvgIpc) is 2.96. The molecule has 0 spiro atoms. The summed E-state index contributed by atoms with van der Waals surface area (Å²) < 4.78 is 16.8. The lowest BCUT2D eigenvalue weighted by Crippen LogP contribution is -2.31.